The van der Waals surface area contributed by atoms with Crippen LogP contribution in [-0.4, -0.2) is 0 Å². The third-order valence-electron chi connectivity index (χ3n) is 5.50. The molecule has 3 atom stereocenters. The Morgan fingerprint density at radius 3 is 1.64 bits per heavy atom. The Morgan fingerprint density at radius 1 is 0.545 bits per heavy atom. The van der Waals surface area contributed by atoms with Gasteiger partial charge in [-0.25, -0.2) is 0 Å². The molecule has 0 aromatic heterocycles. The summed E-state index contributed by atoms with van der Waals surface area (Å²) in [6, 6.07) is 0. The van der Waals surface area contributed by atoms with Gasteiger partial charge in [0.25, 0.3) is 0 Å². The minimum absolute atomic E-state index is 0.946. The van der Waals surface area contributed by atoms with Crippen LogP contribution in [0.25, 0.3) is 0 Å². The molecular weight excluding hydrogens is 264 g/mol. The molecule has 0 amide bonds. The second-order valence-corrected chi connectivity index (χ2v) is 7.84. The van der Waals surface area contributed by atoms with Crippen molar-refractivity contribution in [2.45, 2.75) is 125 Å². The van der Waals surface area contributed by atoms with Crippen molar-refractivity contribution < 1.29 is 0 Å². The van der Waals surface area contributed by atoms with Gasteiger partial charge in [0.05, 0.1) is 0 Å². The molecule has 0 aromatic rings. The van der Waals surface area contributed by atoms with Gasteiger partial charge in [-0.2, -0.15) is 0 Å². The molecular formula is C22H46. The summed E-state index contributed by atoms with van der Waals surface area (Å²) in [6.07, 6.45) is 20.2. The molecule has 0 spiro atoms. The van der Waals surface area contributed by atoms with Crippen molar-refractivity contribution in [2.24, 2.45) is 17.8 Å². The maximum Gasteiger partial charge on any atom is -0.0414 e. The number of unbranched alkanes of at least 4 members (excludes halogenated alkanes) is 3. The zero-order chi connectivity index (χ0) is 16.6. The summed E-state index contributed by atoms with van der Waals surface area (Å²) in [6.45, 7) is 11.9. The summed E-state index contributed by atoms with van der Waals surface area (Å²) in [5, 5.41) is 0. The smallest absolute Gasteiger partial charge is 0.0414 e. The molecule has 0 saturated heterocycles. The van der Waals surface area contributed by atoms with Gasteiger partial charge < -0.3 is 0 Å². The molecule has 0 aromatic carbocycles. The van der Waals surface area contributed by atoms with Gasteiger partial charge in [0.15, 0.2) is 0 Å². The van der Waals surface area contributed by atoms with Crippen LogP contribution < -0.4 is 0 Å². The van der Waals surface area contributed by atoms with Crippen LogP contribution in [0, 0.1) is 17.8 Å². The van der Waals surface area contributed by atoms with Crippen LogP contribution in [0.3, 0.4) is 0 Å². The zero-order valence-corrected chi connectivity index (χ0v) is 16.6. The van der Waals surface area contributed by atoms with Gasteiger partial charge in [-0.15, -0.1) is 0 Å². The molecule has 0 radical (unpaired) electrons. The Hall–Kier alpha value is 0. The molecule has 0 heterocycles. The molecule has 0 heteroatoms. The highest BCUT2D eigenvalue weighted by molar-refractivity contribution is 4.65. The minimum Gasteiger partial charge on any atom is -0.0654 e. The molecule has 0 aliphatic rings. The van der Waals surface area contributed by atoms with E-state index in [0.29, 0.717) is 0 Å². The van der Waals surface area contributed by atoms with Crippen LogP contribution in [-0.2, 0) is 0 Å². The number of rotatable bonds is 16. The topological polar surface area (TPSA) is 0 Å². The van der Waals surface area contributed by atoms with Crippen molar-refractivity contribution in [1.82, 2.24) is 0 Å². The van der Waals surface area contributed by atoms with Crippen LogP contribution in [0.1, 0.15) is 125 Å². The molecule has 0 aliphatic heterocycles. The van der Waals surface area contributed by atoms with E-state index >= 15 is 0 Å². The largest absolute Gasteiger partial charge is 0.0654 e. The zero-order valence-electron chi connectivity index (χ0n) is 16.6. The standard InChI is InChI=1S/C22H46/c1-6-10-16-21(9-4)19-20(5)15-12-13-18-22(14-8-3)17-11-7-2/h20-22H,6-19H2,1-5H3. The molecule has 0 saturated carbocycles. The Balaban J connectivity index is 3.77. The molecule has 0 aliphatic carbocycles. The van der Waals surface area contributed by atoms with Gasteiger partial charge >= 0.3 is 0 Å². The normalized spacial score (nSPS) is 15.7. The maximum atomic E-state index is 2.50. The summed E-state index contributed by atoms with van der Waals surface area (Å²) in [5.41, 5.74) is 0. The summed E-state index contributed by atoms with van der Waals surface area (Å²) < 4.78 is 0. The highest BCUT2D eigenvalue weighted by Gasteiger charge is 2.12. The predicted molar refractivity (Wildman–Crippen MR) is 103 cm³/mol. The highest BCUT2D eigenvalue weighted by Crippen LogP contribution is 2.26. The summed E-state index contributed by atoms with van der Waals surface area (Å²) in [7, 11) is 0. The van der Waals surface area contributed by atoms with E-state index in [9.17, 15) is 0 Å². The lowest BCUT2D eigenvalue weighted by atomic mass is 9.86. The quantitative estimate of drug-likeness (QED) is 0.251. The van der Waals surface area contributed by atoms with Gasteiger partial charge in [-0.3, -0.25) is 0 Å². The van der Waals surface area contributed by atoms with Gasteiger partial charge in [0.1, 0.15) is 0 Å². The first-order valence-corrected chi connectivity index (χ1v) is 10.7. The van der Waals surface area contributed by atoms with Crippen molar-refractivity contribution in [3.8, 4) is 0 Å². The van der Waals surface area contributed by atoms with Crippen LogP contribution in [0.15, 0.2) is 0 Å². The lowest BCUT2D eigenvalue weighted by molar-refractivity contribution is 0.324. The average molecular weight is 311 g/mol. The van der Waals surface area contributed by atoms with Crippen molar-refractivity contribution in [3.05, 3.63) is 0 Å². The molecule has 0 bridgehead atoms. The Kier molecular flexibility index (Phi) is 15.9. The average Bonchev–Trinajstić information content (AvgIpc) is 2.52. The van der Waals surface area contributed by atoms with E-state index in [-0.39, 0.29) is 0 Å². The van der Waals surface area contributed by atoms with Crippen LogP contribution in [0.5, 0.6) is 0 Å². The first kappa shape index (κ1) is 22.0. The number of hydrogen-bond acceptors (Lipinski definition) is 0. The van der Waals surface area contributed by atoms with E-state index in [4.69, 9.17) is 0 Å². The van der Waals surface area contributed by atoms with Crippen LogP contribution in [0.2, 0.25) is 0 Å². The summed E-state index contributed by atoms with van der Waals surface area (Å²) >= 11 is 0. The predicted octanol–water partition coefficient (Wildman–Crippen LogP) is 8.40. The van der Waals surface area contributed by atoms with E-state index in [0.717, 1.165) is 17.8 Å². The molecule has 22 heavy (non-hydrogen) atoms. The third kappa shape index (κ3) is 12.5. The summed E-state index contributed by atoms with van der Waals surface area (Å²) in [4.78, 5) is 0. The molecule has 0 nitrogen and oxygen atoms in total. The minimum atomic E-state index is 0.946. The van der Waals surface area contributed by atoms with Crippen LogP contribution >= 0.6 is 0 Å². The fourth-order valence-corrected chi connectivity index (χ4v) is 3.93. The van der Waals surface area contributed by atoms with Crippen molar-refractivity contribution >= 4 is 0 Å². The van der Waals surface area contributed by atoms with E-state index in [1.54, 1.807) is 0 Å². The second kappa shape index (κ2) is 15.9. The molecule has 134 valence electrons. The number of hydrogen-bond donors (Lipinski definition) is 0. The van der Waals surface area contributed by atoms with Gasteiger partial charge in [0, 0.05) is 0 Å². The molecule has 0 N–H and O–H groups in total. The Labute approximate surface area is 142 Å². The molecule has 0 rings (SSSR count). The molecule has 0 fully saturated rings. The van der Waals surface area contributed by atoms with Crippen molar-refractivity contribution in [3.63, 3.8) is 0 Å². The monoisotopic (exact) mass is 310 g/mol. The van der Waals surface area contributed by atoms with Crippen molar-refractivity contribution in [2.75, 3.05) is 0 Å². The maximum absolute atomic E-state index is 2.50. The van der Waals surface area contributed by atoms with E-state index in [1.807, 2.05) is 0 Å². The Bertz CT molecular complexity index is 208. The van der Waals surface area contributed by atoms with Crippen LogP contribution in [0.4, 0.5) is 0 Å². The summed E-state index contributed by atoms with van der Waals surface area (Å²) in [5.74, 6) is 2.96. The van der Waals surface area contributed by atoms with E-state index in [2.05, 4.69) is 34.6 Å². The highest BCUT2D eigenvalue weighted by atomic mass is 14.2. The van der Waals surface area contributed by atoms with Gasteiger partial charge in [-0.05, 0) is 24.2 Å². The fraction of sp³-hybridized carbons (Fsp3) is 1.00. The van der Waals surface area contributed by atoms with Crippen molar-refractivity contribution in [1.29, 1.82) is 0 Å². The van der Waals surface area contributed by atoms with E-state index < -0.39 is 0 Å². The first-order valence-electron chi connectivity index (χ1n) is 10.7. The van der Waals surface area contributed by atoms with Gasteiger partial charge in [-0.1, -0.05) is 118 Å². The third-order valence-corrected chi connectivity index (χ3v) is 5.50. The molecule has 3 unspecified atom stereocenters. The fourth-order valence-electron chi connectivity index (χ4n) is 3.93. The van der Waals surface area contributed by atoms with E-state index in [1.165, 1.54) is 89.9 Å². The lowest BCUT2D eigenvalue weighted by Gasteiger charge is -2.20. The SMILES string of the molecule is CCCCC(CCC)CCCCC(C)CC(CC)CCCC. The first-order chi connectivity index (χ1) is 10.7. The van der Waals surface area contributed by atoms with Gasteiger partial charge in [0.2, 0.25) is 0 Å². The Morgan fingerprint density at radius 2 is 1.09 bits per heavy atom. The lowest BCUT2D eigenvalue weighted by Crippen LogP contribution is -2.06. The second-order valence-electron chi connectivity index (χ2n) is 7.84.